The average molecular weight is 308 g/mol. The molecule has 1 aliphatic heterocycles. The van der Waals surface area contributed by atoms with Crippen molar-refractivity contribution in [1.29, 1.82) is 0 Å². The SMILES string of the molecule is C[C@@H]1C(=O)N(Cc2ccccc2)Cc2nnc(CN)n21.Cl. The van der Waals surface area contributed by atoms with Crippen LogP contribution in [0.15, 0.2) is 30.3 Å². The van der Waals surface area contributed by atoms with Gasteiger partial charge in [-0.2, -0.15) is 0 Å². The second kappa shape index (κ2) is 6.24. The van der Waals surface area contributed by atoms with E-state index < -0.39 is 0 Å². The Morgan fingerprint density at radius 2 is 2.00 bits per heavy atom. The molecule has 0 saturated heterocycles. The zero-order chi connectivity index (χ0) is 14.1. The Labute approximate surface area is 129 Å². The molecule has 1 aromatic heterocycles. The molecule has 112 valence electrons. The van der Waals surface area contributed by atoms with Crippen LogP contribution in [0.1, 0.15) is 30.2 Å². The van der Waals surface area contributed by atoms with Crippen LogP contribution in [0, 0.1) is 0 Å². The molecule has 0 fully saturated rings. The van der Waals surface area contributed by atoms with Crippen molar-refractivity contribution in [3.05, 3.63) is 47.5 Å². The van der Waals surface area contributed by atoms with Crippen LogP contribution in [0.3, 0.4) is 0 Å². The smallest absolute Gasteiger partial charge is 0.246 e. The molecule has 0 bridgehead atoms. The van der Waals surface area contributed by atoms with E-state index in [2.05, 4.69) is 10.2 Å². The molecule has 0 unspecified atom stereocenters. The minimum Gasteiger partial charge on any atom is -0.329 e. The lowest BCUT2D eigenvalue weighted by atomic mass is 10.1. The molecule has 7 heteroatoms. The molecule has 2 heterocycles. The van der Waals surface area contributed by atoms with Crippen molar-refractivity contribution >= 4 is 18.3 Å². The highest BCUT2D eigenvalue weighted by Gasteiger charge is 2.32. The standard InChI is InChI=1S/C14H17N5O.ClH/c1-10-14(20)18(8-11-5-3-2-4-6-11)9-13-17-16-12(7-15)19(10)13;/h2-6,10H,7-9,15H2,1H3;1H/t10-;/m1./s1. The lowest BCUT2D eigenvalue weighted by Crippen LogP contribution is -2.41. The summed E-state index contributed by atoms with van der Waals surface area (Å²) in [5, 5.41) is 8.20. The van der Waals surface area contributed by atoms with E-state index in [4.69, 9.17) is 5.73 Å². The van der Waals surface area contributed by atoms with E-state index in [1.54, 1.807) is 0 Å². The van der Waals surface area contributed by atoms with E-state index in [1.807, 2.05) is 46.7 Å². The van der Waals surface area contributed by atoms with Crippen molar-refractivity contribution in [3.8, 4) is 0 Å². The Bertz CT molecular complexity index is 628. The maximum atomic E-state index is 12.5. The van der Waals surface area contributed by atoms with Gasteiger partial charge in [0.2, 0.25) is 5.91 Å². The molecule has 2 N–H and O–H groups in total. The van der Waals surface area contributed by atoms with Crippen LogP contribution < -0.4 is 5.73 Å². The van der Waals surface area contributed by atoms with Gasteiger partial charge in [-0.1, -0.05) is 30.3 Å². The van der Waals surface area contributed by atoms with Crippen LogP contribution in [-0.2, 0) is 24.4 Å². The third-order valence-corrected chi connectivity index (χ3v) is 3.62. The third-order valence-electron chi connectivity index (χ3n) is 3.62. The molecule has 1 atom stereocenters. The summed E-state index contributed by atoms with van der Waals surface area (Å²) in [7, 11) is 0. The van der Waals surface area contributed by atoms with Gasteiger partial charge in [0, 0.05) is 6.54 Å². The van der Waals surface area contributed by atoms with E-state index >= 15 is 0 Å². The van der Waals surface area contributed by atoms with Crippen molar-refractivity contribution in [3.63, 3.8) is 0 Å². The van der Waals surface area contributed by atoms with Gasteiger partial charge in [-0.25, -0.2) is 0 Å². The number of halogens is 1. The summed E-state index contributed by atoms with van der Waals surface area (Å²) in [6.07, 6.45) is 0. The number of hydrogen-bond acceptors (Lipinski definition) is 4. The lowest BCUT2D eigenvalue weighted by molar-refractivity contribution is -0.137. The Balaban J connectivity index is 0.00000161. The molecule has 21 heavy (non-hydrogen) atoms. The van der Waals surface area contributed by atoms with Gasteiger partial charge in [0.1, 0.15) is 11.9 Å². The Hall–Kier alpha value is -1.92. The number of hydrogen-bond donors (Lipinski definition) is 1. The van der Waals surface area contributed by atoms with Gasteiger partial charge in [-0.05, 0) is 12.5 Å². The highest BCUT2D eigenvalue weighted by Crippen LogP contribution is 2.24. The molecular formula is C14H18ClN5O. The van der Waals surface area contributed by atoms with Crippen LogP contribution in [0.5, 0.6) is 0 Å². The minimum absolute atomic E-state index is 0. The van der Waals surface area contributed by atoms with Crippen LogP contribution in [0.4, 0.5) is 0 Å². The summed E-state index contributed by atoms with van der Waals surface area (Å²) < 4.78 is 1.85. The Kier molecular flexibility index (Phi) is 4.59. The third kappa shape index (κ3) is 2.77. The van der Waals surface area contributed by atoms with Gasteiger partial charge < -0.3 is 10.6 Å². The van der Waals surface area contributed by atoms with Gasteiger partial charge in [-0.3, -0.25) is 9.36 Å². The predicted octanol–water partition coefficient (Wildman–Crippen LogP) is 1.26. The van der Waals surface area contributed by atoms with Crippen LogP contribution in [0.2, 0.25) is 0 Å². The van der Waals surface area contributed by atoms with Gasteiger partial charge in [0.25, 0.3) is 0 Å². The Morgan fingerprint density at radius 3 is 2.67 bits per heavy atom. The van der Waals surface area contributed by atoms with Gasteiger partial charge >= 0.3 is 0 Å². The monoisotopic (exact) mass is 307 g/mol. The quantitative estimate of drug-likeness (QED) is 0.926. The minimum atomic E-state index is -0.295. The van der Waals surface area contributed by atoms with Gasteiger partial charge in [0.15, 0.2) is 5.82 Å². The largest absolute Gasteiger partial charge is 0.329 e. The van der Waals surface area contributed by atoms with E-state index in [9.17, 15) is 4.79 Å². The maximum Gasteiger partial charge on any atom is 0.246 e. The van der Waals surface area contributed by atoms with Crippen molar-refractivity contribution < 1.29 is 4.79 Å². The van der Waals surface area contributed by atoms with Crippen molar-refractivity contribution in [1.82, 2.24) is 19.7 Å². The first-order valence-electron chi connectivity index (χ1n) is 6.66. The molecule has 0 saturated carbocycles. The van der Waals surface area contributed by atoms with E-state index in [0.29, 0.717) is 25.5 Å². The summed E-state index contributed by atoms with van der Waals surface area (Å²) >= 11 is 0. The van der Waals surface area contributed by atoms with Crippen molar-refractivity contribution in [2.45, 2.75) is 32.6 Å². The average Bonchev–Trinajstić information content (AvgIpc) is 2.88. The van der Waals surface area contributed by atoms with Crippen LogP contribution in [0.25, 0.3) is 0 Å². The first-order chi connectivity index (χ1) is 9.70. The summed E-state index contributed by atoms with van der Waals surface area (Å²) in [6, 6.07) is 9.65. The Morgan fingerprint density at radius 1 is 1.29 bits per heavy atom. The number of rotatable bonds is 3. The molecule has 2 aromatic rings. The first-order valence-corrected chi connectivity index (χ1v) is 6.66. The molecule has 0 aliphatic carbocycles. The van der Waals surface area contributed by atoms with Gasteiger partial charge in [0.05, 0.1) is 13.1 Å². The number of aromatic nitrogens is 3. The van der Waals surface area contributed by atoms with Crippen molar-refractivity contribution in [2.24, 2.45) is 5.73 Å². The fourth-order valence-corrected chi connectivity index (χ4v) is 2.62. The second-order valence-electron chi connectivity index (χ2n) is 4.96. The summed E-state index contributed by atoms with van der Waals surface area (Å²) in [6.45, 7) is 3.23. The molecule has 6 nitrogen and oxygen atoms in total. The highest BCUT2D eigenvalue weighted by molar-refractivity contribution is 5.85. The molecule has 1 amide bonds. The van der Waals surface area contributed by atoms with E-state index in [1.165, 1.54) is 0 Å². The summed E-state index contributed by atoms with van der Waals surface area (Å²) in [4.78, 5) is 14.3. The van der Waals surface area contributed by atoms with Crippen LogP contribution >= 0.6 is 12.4 Å². The lowest BCUT2D eigenvalue weighted by Gasteiger charge is -2.32. The summed E-state index contributed by atoms with van der Waals surface area (Å²) in [5.74, 6) is 1.55. The zero-order valence-electron chi connectivity index (χ0n) is 11.8. The van der Waals surface area contributed by atoms with Crippen LogP contribution in [-0.4, -0.2) is 25.6 Å². The second-order valence-corrected chi connectivity index (χ2v) is 4.96. The topological polar surface area (TPSA) is 77.0 Å². The van der Waals surface area contributed by atoms with Crippen molar-refractivity contribution in [2.75, 3.05) is 0 Å². The number of nitrogens with two attached hydrogens (primary N) is 1. The fraction of sp³-hybridized carbons (Fsp3) is 0.357. The van der Waals surface area contributed by atoms with E-state index in [-0.39, 0.29) is 24.4 Å². The van der Waals surface area contributed by atoms with E-state index in [0.717, 1.165) is 11.4 Å². The first kappa shape index (κ1) is 15.5. The number of fused-ring (bicyclic) bond motifs is 1. The zero-order valence-corrected chi connectivity index (χ0v) is 12.6. The molecule has 1 aromatic carbocycles. The number of carbonyl (C=O) groups excluding carboxylic acids is 1. The summed E-state index contributed by atoms with van der Waals surface area (Å²) in [5.41, 5.74) is 6.75. The number of benzene rings is 1. The number of amides is 1. The predicted molar refractivity (Wildman–Crippen MR) is 80.6 cm³/mol. The highest BCUT2D eigenvalue weighted by atomic mass is 35.5. The molecule has 0 spiro atoms. The number of nitrogens with zero attached hydrogens (tertiary/aromatic N) is 4. The van der Waals surface area contributed by atoms with Gasteiger partial charge in [-0.15, -0.1) is 22.6 Å². The molecule has 0 radical (unpaired) electrons. The maximum absolute atomic E-state index is 12.5. The molecular weight excluding hydrogens is 290 g/mol. The molecule has 1 aliphatic rings. The number of carbonyl (C=O) groups is 1. The fourth-order valence-electron chi connectivity index (χ4n) is 2.62. The molecule has 3 rings (SSSR count). The normalized spacial score (nSPS) is 17.3.